The van der Waals surface area contributed by atoms with Crippen molar-refractivity contribution < 1.29 is 0 Å². The summed E-state index contributed by atoms with van der Waals surface area (Å²) in [7, 11) is 0. The molecule has 0 aliphatic rings. The van der Waals surface area contributed by atoms with Gasteiger partial charge in [-0.1, -0.05) is 6.07 Å². The van der Waals surface area contributed by atoms with Crippen LogP contribution in [0.4, 0.5) is 17.5 Å². The zero-order chi connectivity index (χ0) is 12.3. The summed E-state index contributed by atoms with van der Waals surface area (Å²) in [6.07, 6.45) is 1.65. The lowest BCUT2D eigenvalue weighted by Gasteiger charge is -2.08. The summed E-state index contributed by atoms with van der Waals surface area (Å²) in [5.74, 6) is 6.35. The molecule has 1 aromatic heterocycles. The lowest BCUT2D eigenvalue weighted by molar-refractivity contribution is 1.12. The van der Waals surface area contributed by atoms with Crippen molar-refractivity contribution in [1.82, 2.24) is 9.97 Å². The van der Waals surface area contributed by atoms with Gasteiger partial charge in [-0.15, -0.1) is 0 Å². The molecule has 0 radical (unpaired) electrons. The van der Waals surface area contributed by atoms with E-state index in [1.165, 1.54) is 11.1 Å². The van der Waals surface area contributed by atoms with Gasteiger partial charge >= 0.3 is 0 Å². The molecule has 0 aliphatic heterocycles. The van der Waals surface area contributed by atoms with Crippen molar-refractivity contribution in [3.8, 4) is 0 Å². The topological polar surface area (TPSA) is 75.9 Å². The Kier molecular flexibility index (Phi) is 3.20. The van der Waals surface area contributed by atoms with E-state index in [0.29, 0.717) is 11.8 Å². The van der Waals surface area contributed by atoms with Crippen LogP contribution in [0.15, 0.2) is 30.5 Å². The Morgan fingerprint density at radius 1 is 1.12 bits per heavy atom. The van der Waals surface area contributed by atoms with Crippen LogP contribution < -0.4 is 16.6 Å². The third-order valence-corrected chi connectivity index (χ3v) is 2.28. The van der Waals surface area contributed by atoms with Crippen molar-refractivity contribution in [3.63, 3.8) is 0 Å². The Morgan fingerprint density at radius 2 is 1.82 bits per heavy atom. The van der Waals surface area contributed by atoms with Crippen LogP contribution in [-0.2, 0) is 0 Å². The van der Waals surface area contributed by atoms with Crippen LogP contribution in [0, 0.1) is 13.8 Å². The van der Waals surface area contributed by atoms with Gasteiger partial charge in [-0.05, 0) is 43.2 Å². The minimum Gasteiger partial charge on any atom is -0.340 e. The number of anilines is 3. The van der Waals surface area contributed by atoms with E-state index < -0.39 is 0 Å². The highest BCUT2D eigenvalue weighted by atomic mass is 15.3. The molecule has 88 valence electrons. The van der Waals surface area contributed by atoms with Gasteiger partial charge in [0.05, 0.1) is 0 Å². The number of benzene rings is 1. The van der Waals surface area contributed by atoms with E-state index in [9.17, 15) is 0 Å². The average molecular weight is 229 g/mol. The predicted molar refractivity (Wildman–Crippen MR) is 69.0 cm³/mol. The van der Waals surface area contributed by atoms with Gasteiger partial charge in [-0.2, -0.15) is 4.98 Å². The molecule has 0 spiro atoms. The van der Waals surface area contributed by atoms with E-state index in [-0.39, 0.29) is 0 Å². The molecule has 5 heteroatoms. The van der Waals surface area contributed by atoms with Gasteiger partial charge in [-0.3, -0.25) is 5.43 Å². The van der Waals surface area contributed by atoms with Crippen molar-refractivity contribution in [2.45, 2.75) is 13.8 Å². The fourth-order valence-electron chi connectivity index (χ4n) is 1.69. The minimum absolute atomic E-state index is 0.388. The Balaban J connectivity index is 2.24. The van der Waals surface area contributed by atoms with Gasteiger partial charge in [0.25, 0.3) is 0 Å². The summed E-state index contributed by atoms with van der Waals surface area (Å²) >= 11 is 0. The van der Waals surface area contributed by atoms with Crippen LogP contribution in [0.1, 0.15) is 11.1 Å². The zero-order valence-electron chi connectivity index (χ0n) is 9.86. The maximum absolute atomic E-state index is 5.26. The fourth-order valence-corrected chi connectivity index (χ4v) is 1.69. The maximum Gasteiger partial charge on any atom is 0.239 e. The molecule has 0 unspecified atom stereocenters. The van der Waals surface area contributed by atoms with Crippen molar-refractivity contribution in [2.75, 3.05) is 10.7 Å². The molecule has 0 aliphatic carbocycles. The molecule has 2 rings (SSSR count). The first kappa shape index (κ1) is 11.3. The molecule has 0 bridgehead atoms. The first-order valence-electron chi connectivity index (χ1n) is 5.32. The van der Waals surface area contributed by atoms with Gasteiger partial charge in [0.1, 0.15) is 5.82 Å². The molecule has 5 nitrogen and oxygen atoms in total. The lowest BCUT2D eigenvalue weighted by atomic mass is 10.1. The molecular formula is C12H15N5. The number of hydrogen-bond donors (Lipinski definition) is 3. The van der Waals surface area contributed by atoms with Crippen molar-refractivity contribution in [2.24, 2.45) is 5.84 Å². The zero-order valence-corrected chi connectivity index (χ0v) is 9.86. The van der Waals surface area contributed by atoms with Crippen LogP contribution >= 0.6 is 0 Å². The molecule has 2 aromatic rings. The number of aromatic nitrogens is 2. The first-order valence-corrected chi connectivity index (χ1v) is 5.32. The largest absolute Gasteiger partial charge is 0.340 e. The monoisotopic (exact) mass is 229 g/mol. The highest BCUT2D eigenvalue weighted by Gasteiger charge is 1.99. The first-order chi connectivity index (χ1) is 8.17. The number of nitrogens with two attached hydrogens (primary N) is 1. The predicted octanol–water partition coefficient (Wildman–Crippen LogP) is 2.12. The van der Waals surface area contributed by atoms with Crippen LogP contribution in [-0.4, -0.2) is 9.97 Å². The number of rotatable bonds is 3. The maximum atomic E-state index is 5.26. The number of aryl methyl sites for hydroxylation is 2. The van der Waals surface area contributed by atoms with Crippen LogP contribution in [0.25, 0.3) is 0 Å². The van der Waals surface area contributed by atoms with E-state index in [4.69, 9.17) is 5.84 Å². The molecular weight excluding hydrogens is 214 g/mol. The van der Waals surface area contributed by atoms with E-state index in [1.54, 1.807) is 12.3 Å². The van der Waals surface area contributed by atoms with Gasteiger partial charge < -0.3 is 5.32 Å². The van der Waals surface area contributed by atoms with Gasteiger partial charge in [0.15, 0.2) is 0 Å². The molecule has 0 saturated heterocycles. The normalized spacial score (nSPS) is 10.1. The van der Waals surface area contributed by atoms with Crippen molar-refractivity contribution in [1.29, 1.82) is 0 Å². The molecule has 1 heterocycles. The quantitative estimate of drug-likeness (QED) is 0.555. The number of nitrogens with zero attached hydrogens (tertiary/aromatic N) is 2. The Morgan fingerprint density at radius 3 is 2.47 bits per heavy atom. The second-order valence-electron chi connectivity index (χ2n) is 3.91. The van der Waals surface area contributed by atoms with Gasteiger partial charge in [-0.25, -0.2) is 10.8 Å². The smallest absolute Gasteiger partial charge is 0.239 e. The Bertz CT molecular complexity index is 504. The number of nitrogens with one attached hydrogen (secondary N) is 2. The molecule has 17 heavy (non-hydrogen) atoms. The molecule has 1 aromatic carbocycles. The SMILES string of the molecule is Cc1cc(C)cc(Nc2ccnc(NN)n2)c1. The highest BCUT2D eigenvalue weighted by molar-refractivity contribution is 5.58. The average Bonchev–Trinajstić information content (AvgIpc) is 2.28. The second kappa shape index (κ2) is 4.80. The van der Waals surface area contributed by atoms with Crippen LogP contribution in [0.5, 0.6) is 0 Å². The summed E-state index contributed by atoms with van der Waals surface area (Å²) in [4.78, 5) is 8.13. The molecule has 0 atom stereocenters. The second-order valence-corrected chi connectivity index (χ2v) is 3.91. The number of nitrogen functional groups attached to an aromatic ring is 1. The molecule has 0 amide bonds. The van der Waals surface area contributed by atoms with Gasteiger partial charge in [0, 0.05) is 11.9 Å². The van der Waals surface area contributed by atoms with Gasteiger partial charge in [0.2, 0.25) is 5.95 Å². The fraction of sp³-hybridized carbons (Fsp3) is 0.167. The third-order valence-electron chi connectivity index (χ3n) is 2.28. The lowest BCUT2D eigenvalue weighted by Crippen LogP contribution is -2.10. The molecule has 4 N–H and O–H groups in total. The van der Waals surface area contributed by atoms with E-state index in [2.05, 4.69) is 52.8 Å². The Labute approximate surface area is 100 Å². The summed E-state index contributed by atoms with van der Waals surface area (Å²) in [5, 5.41) is 3.21. The molecule has 0 fully saturated rings. The standard InChI is InChI=1S/C12H15N5/c1-8-5-9(2)7-10(6-8)15-11-3-4-14-12(16-11)17-13/h3-7H,13H2,1-2H3,(H2,14,15,16,17). The van der Waals surface area contributed by atoms with E-state index >= 15 is 0 Å². The van der Waals surface area contributed by atoms with E-state index in [0.717, 1.165) is 5.69 Å². The van der Waals surface area contributed by atoms with Crippen molar-refractivity contribution in [3.05, 3.63) is 41.6 Å². The Hall–Kier alpha value is -2.14. The van der Waals surface area contributed by atoms with Crippen LogP contribution in [0.3, 0.4) is 0 Å². The highest BCUT2D eigenvalue weighted by Crippen LogP contribution is 2.18. The summed E-state index contributed by atoms with van der Waals surface area (Å²) in [6.45, 7) is 4.12. The summed E-state index contributed by atoms with van der Waals surface area (Å²) in [6, 6.07) is 8.03. The molecule has 0 saturated carbocycles. The number of hydrogen-bond acceptors (Lipinski definition) is 5. The van der Waals surface area contributed by atoms with Crippen LogP contribution in [0.2, 0.25) is 0 Å². The number of hydrazine groups is 1. The summed E-state index contributed by atoms with van der Waals surface area (Å²) in [5.41, 5.74) is 5.83. The summed E-state index contributed by atoms with van der Waals surface area (Å²) < 4.78 is 0. The van der Waals surface area contributed by atoms with Crippen molar-refractivity contribution >= 4 is 17.5 Å². The third kappa shape index (κ3) is 2.92. The minimum atomic E-state index is 0.388. The van der Waals surface area contributed by atoms with E-state index in [1.807, 2.05) is 0 Å².